The Bertz CT molecular complexity index is 672. The van der Waals surface area contributed by atoms with Crippen LogP contribution < -0.4 is 10.7 Å². The number of piperazine rings is 1. The molecule has 5 heteroatoms. The number of hydrogen-bond acceptors (Lipinski definition) is 4. The maximum atomic E-state index is 12.3. The number of benzene rings is 1. The first kappa shape index (κ1) is 11.9. The van der Waals surface area contributed by atoms with E-state index in [1.807, 2.05) is 0 Å². The van der Waals surface area contributed by atoms with Crippen LogP contribution in [0.2, 0.25) is 0 Å². The summed E-state index contributed by atoms with van der Waals surface area (Å²) in [6.45, 7) is 2.80. The number of fused-ring (bicyclic) bond motifs is 1. The number of carbonyl (C=O) groups excluding carboxylic acids is 1. The van der Waals surface area contributed by atoms with Crippen molar-refractivity contribution in [3.05, 3.63) is 46.3 Å². The lowest BCUT2D eigenvalue weighted by atomic mass is 10.2. The van der Waals surface area contributed by atoms with E-state index in [-0.39, 0.29) is 17.1 Å². The van der Waals surface area contributed by atoms with Gasteiger partial charge in [0.2, 0.25) is 0 Å². The van der Waals surface area contributed by atoms with E-state index in [4.69, 9.17) is 4.42 Å². The van der Waals surface area contributed by atoms with Crippen molar-refractivity contribution in [1.82, 2.24) is 10.2 Å². The molecule has 19 heavy (non-hydrogen) atoms. The van der Waals surface area contributed by atoms with Crippen LogP contribution in [0.4, 0.5) is 0 Å². The predicted octanol–water partition coefficient (Wildman–Crippen LogP) is 0.838. The van der Waals surface area contributed by atoms with Crippen molar-refractivity contribution >= 4 is 16.9 Å². The van der Waals surface area contributed by atoms with Crippen LogP contribution in [0.3, 0.4) is 0 Å². The molecule has 1 aliphatic heterocycles. The number of carbonyl (C=O) groups is 1. The van der Waals surface area contributed by atoms with E-state index >= 15 is 0 Å². The molecule has 0 aliphatic carbocycles. The van der Waals surface area contributed by atoms with E-state index in [1.165, 1.54) is 6.07 Å². The van der Waals surface area contributed by atoms with Gasteiger partial charge >= 0.3 is 0 Å². The van der Waals surface area contributed by atoms with Crippen LogP contribution in [0.25, 0.3) is 11.0 Å². The van der Waals surface area contributed by atoms with Gasteiger partial charge in [0.25, 0.3) is 5.91 Å². The molecule has 1 aromatic heterocycles. The van der Waals surface area contributed by atoms with Gasteiger partial charge in [0.1, 0.15) is 5.58 Å². The minimum atomic E-state index is -0.218. The van der Waals surface area contributed by atoms with E-state index < -0.39 is 0 Å². The lowest BCUT2D eigenvalue weighted by Crippen LogP contribution is -2.46. The monoisotopic (exact) mass is 258 g/mol. The van der Waals surface area contributed by atoms with Crippen molar-refractivity contribution in [2.45, 2.75) is 0 Å². The molecule has 3 rings (SSSR count). The summed E-state index contributed by atoms with van der Waals surface area (Å²) in [5.41, 5.74) is 0.272. The molecular weight excluding hydrogens is 244 g/mol. The van der Waals surface area contributed by atoms with Gasteiger partial charge in [-0.2, -0.15) is 0 Å². The van der Waals surface area contributed by atoms with Crippen LogP contribution in [0.5, 0.6) is 0 Å². The van der Waals surface area contributed by atoms with E-state index in [1.54, 1.807) is 29.2 Å². The molecule has 1 saturated heterocycles. The molecule has 1 fully saturated rings. The molecule has 1 N–H and O–H groups in total. The Balaban J connectivity index is 2.00. The molecule has 0 spiro atoms. The summed E-state index contributed by atoms with van der Waals surface area (Å²) in [5.74, 6) is -0.102. The number of hydrogen-bond donors (Lipinski definition) is 1. The Hall–Kier alpha value is -2.14. The molecule has 2 heterocycles. The lowest BCUT2D eigenvalue weighted by Gasteiger charge is -2.26. The van der Waals surface area contributed by atoms with Crippen molar-refractivity contribution in [2.75, 3.05) is 26.2 Å². The number of nitrogens with one attached hydrogen (secondary N) is 1. The van der Waals surface area contributed by atoms with Crippen molar-refractivity contribution in [1.29, 1.82) is 0 Å². The third kappa shape index (κ3) is 2.24. The highest BCUT2D eigenvalue weighted by molar-refractivity contribution is 5.93. The molecule has 5 nitrogen and oxygen atoms in total. The summed E-state index contributed by atoms with van der Waals surface area (Å²) in [4.78, 5) is 25.9. The fourth-order valence-corrected chi connectivity index (χ4v) is 2.23. The third-order valence-corrected chi connectivity index (χ3v) is 3.25. The maximum absolute atomic E-state index is 12.3. The highest BCUT2D eigenvalue weighted by Crippen LogP contribution is 2.13. The van der Waals surface area contributed by atoms with Gasteiger partial charge in [-0.1, -0.05) is 12.1 Å². The molecule has 1 aromatic carbocycles. The minimum Gasteiger partial charge on any atom is -0.451 e. The van der Waals surface area contributed by atoms with Gasteiger partial charge in [-0.15, -0.1) is 0 Å². The molecule has 0 saturated carbocycles. The van der Waals surface area contributed by atoms with Crippen LogP contribution >= 0.6 is 0 Å². The van der Waals surface area contributed by atoms with Crippen LogP contribution in [-0.2, 0) is 0 Å². The van der Waals surface area contributed by atoms with Gasteiger partial charge in [-0.05, 0) is 12.1 Å². The third-order valence-electron chi connectivity index (χ3n) is 3.25. The number of amides is 1. The SMILES string of the molecule is O=C(c1cc(=O)c2ccccc2o1)N1CCNCC1. The molecule has 0 unspecified atom stereocenters. The second-order valence-corrected chi connectivity index (χ2v) is 4.51. The molecular formula is C14H14N2O3. The molecule has 1 amide bonds. The summed E-state index contributed by atoms with van der Waals surface area (Å²) in [6.07, 6.45) is 0. The topological polar surface area (TPSA) is 62.6 Å². The predicted molar refractivity (Wildman–Crippen MR) is 71.3 cm³/mol. The van der Waals surface area contributed by atoms with Crippen LogP contribution in [0.15, 0.2) is 39.5 Å². The van der Waals surface area contributed by atoms with Crippen LogP contribution in [0.1, 0.15) is 10.6 Å². The Morgan fingerprint density at radius 1 is 1.21 bits per heavy atom. The quantitative estimate of drug-likeness (QED) is 0.823. The van der Waals surface area contributed by atoms with Crippen molar-refractivity contribution in [3.8, 4) is 0 Å². The number of nitrogens with zero attached hydrogens (tertiary/aromatic N) is 1. The zero-order chi connectivity index (χ0) is 13.2. The normalized spacial score (nSPS) is 15.7. The Kier molecular flexibility index (Phi) is 3.05. The van der Waals surface area contributed by atoms with Crippen LogP contribution in [-0.4, -0.2) is 37.0 Å². The summed E-state index contributed by atoms with van der Waals surface area (Å²) >= 11 is 0. The Morgan fingerprint density at radius 3 is 2.74 bits per heavy atom. The average Bonchev–Trinajstić information content (AvgIpc) is 2.47. The minimum absolute atomic E-state index is 0.116. The molecule has 2 aromatic rings. The standard InChI is InChI=1S/C14H14N2O3/c17-11-9-13(14(18)16-7-5-15-6-8-16)19-12-4-2-1-3-10(11)12/h1-4,9,15H,5-8H2. The summed E-state index contributed by atoms with van der Waals surface area (Å²) < 4.78 is 5.55. The van der Waals surface area contributed by atoms with Gasteiger partial charge in [-0.3, -0.25) is 9.59 Å². The van der Waals surface area contributed by atoms with E-state index in [0.29, 0.717) is 24.1 Å². The fourth-order valence-electron chi connectivity index (χ4n) is 2.23. The highest BCUT2D eigenvalue weighted by Gasteiger charge is 2.21. The van der Waals surface area contributed by atoms with E-state index in [0.717, 1.165) is 13.1 Å². The number of para-hydroxylation sites is 1. The Labute approximate surface area is 109 Å². The largest absolute Gasteiger partial charge is 0.451 e. The zero-order valence-corrected chi connectivity index (χ0v) is 10.4. The molecule has 1 aliphatic rings. The summed E-state index contributed by atoms with van der Waals surface area (Å²) in [7, 11) is 0. The first-order valence-electron chi connectivity index (χ1n) is 6.28. The fraction of sp³-hybridized carbons (Fsp3) is 0.286. The molecule has 0 atom stereocenters. The molecule has 0 radical (unpaired) electrons. The maximum Gasteiger partial charge on any atom is 0.289 e. The number of rotatable bonds is 1. The summed E-state index contributed by atoms with van der Waals surface area (Å²) in [5, 5.41) is 3.68. The van der Waals surface area contributed by atoms with Gasteiger partial charge in [0.05, 0.1) is 5.39 Å². The zero-order valence-electron chi connectivity index (χ0n) is 10.4. The average molecular weight is 258 g/mol. The second kappa shape index (κ2) is 4.85. The highest BCUT2D eigenvalue weighted by atomic mass is 16.3. The first-order chi connectivity index (χ1) is 9.25. The van der Waals surface area contributed by atoms with Crippen molar-refractivity contribution in [2.24, 2.45) is 0 Å². The van der Waals surface area contributed by atoms with Gasteiger partial charge in [-0.25, -0.2) is 0 Å². The van der Waals surface area contributed by atoms with Gasteiger partial charge in [0, 0.05) is 32.2 Å². The van der Waals surface area contributed by atoms with Crippen LogP contribution in [0, 0.1) is 0 Å². The van der Waals surface area contributed by atoms with E-state index in [9.17, 15) is 9.59 Å². The first-order valence-corrected chi connectivity index (χ1v) is 6.28. The van der Waals surface area contributed by atoms with Gasteiger partial charge < -0.3 is 14.6 Å². The summed E-state index contributed by atoms with van der Waals surface area (Å²) in [6, 6.07) is 8.24. The van der Waals surface area contributed by atoms with Crippen molar-refractivity contribution in [3.63, 3.8) is 0 Å². The Morgan fingerprint density at radius 2 is 1.95 bits per heavy atom. The molecule has 98 valence electrons. The smallest absolute Gasteiger partial charge is 0.289 e. The van der Waals surface area contributed by atoms with Crippen molar-refractivity contribution < 1.29 is 9.21 Å². The lowest BCUT2D eigenvalue weighted by molar-refractivity contribution is 0.0704. The van der Waals surface area contributed by atoms with Gasteiger partial charge in [0.15, 0.2) is 11.2 Å². The van der Waals surface area contributed by atoms with E-state index in [2.05, 4.69) is 5.32 Å². The molecule has 0 bridgehead atoms. The second-order valence-electron chi connectivity index (χ2n) is 4.51.